The Bertz CT molecular complexity index is 507. The molecule has 2 nitrogen and oxygen atoms in total. The lowest BCUT2D eigenvalue weighted by atomic mass is 9.90. The number of hydrogen-bond donors (Lipinski definition) is 1. The molecule has 0 fully saturated rings. The summed E-state index contributed by atoms with van der Waals surface area (Å²) < 4.78 is 0. The number of benzene rings is 1. The second-order valence-corrected chi connectivity index (χ2v) is 7.87. The number of aryl methyl sites for hydroxylation is 1. The van der Waals surface area contributed by atoms with Gasteiger partial charge in [-0.1, -0.05) is 90.5 Å². The molecule has 1 rings (SSSR count). The predicted molar refractivity (Wildman–Crippen MR) is 112 cm³/mol. The minimum atomic E-state index is -0.0664. The molecule has 1 atom stereocenters. The normalized spacial score (nSPS) is 12.3. The third kappa shape index (κ3) is 9.40. The number of rotatable bonds is 15. The third-order valence-electron chi connectivity index (χ3n) is 5.48. The summed E-state index contributed by atoms with van der Waals surface area (Å²) in [6, 6.07) is 5.30. The number of hydrogen-bond acceptors (Lipinski definition) is 2. The van der Waals surface area contributed by atoms with Crippen molar-refractivity contribution in [1.29, 1.82) is 0 Å². The Labute approximate surface area is 161 Å². The molecule has 0 bridgehead atoms. The van der Waals surface area contributed by atoms with Crippen molar-refractivity contribution in [3.8, 4) is 5.75 Å². The smallest absolute Gasteiger partial charge is 0.140 e. The van der Waals surface area contributed by atoms with E-state index in [4.69, 9.17) is 0 Å². The van der Waals surface area contributed by atoms with Gasteiger partial charge >= 0.3 is 0 Å². The maximum atomic E-state index is 12.4. The maximum Gasteiger partial charge on any atom is 0.140 e. The molecule has 0 aliphatic rings. The van der Waals surface area contributed by atoms with Crippen LogP contribution in [0.15, 0.2) is 18.2 Å². The van der Waals surface area contributed by atoms with Crippen LogP contribution in [0.1, 0.15) is 114 Å². The van der Waals surface area contributed by atoms with E-state index in [2.05, 4.69) is 6.92 Å². The number of carbonyl (C=O) groups is 1. The molecule has 2 heteroatoms. The topological polar surface area (TPSA) is 37.3 Å². The highest BCUT2D eigenvalue weighted by molar-refractivity contribution is 5.85. The molecule has 0 aliphatic heterocycles. The Morgan fingerprint density at radius 1 is 0.885 bits per heavy atom. The van der Waals surface area contributed by atoms with Crippen LogP contribution in [0.5, 0.6) is 5.75 Å². The molecule has 0 aromatic heterocycles. The Balaban J connectivity index is 2.04. The van der Waals surface area contributed by atoms with Crippen molar-refractivity contribution in [1.82, 2.24) is 0 Å². The summed E-state index contributed by atoms with van der Waals surface area (Å²) in [4.78, 5) is 12.4. The number of ketones is 1. The van der Waals surface area contributed by atoms with Crippen molar-refractivity contribution >= 4 is 5.78 Å². The highest BCUT2D eigenvalue weighted by atomic mass is 16.3. The third-order valence-corrected chi connectivity index (χ3v) is 5.48. The molecule has 0 radical (unpaired) electrons. The molecule has 148 valence electrons. The molecule has 0 aliphatic carbocycles. The molecule has 1 unspecified atom stereocenters. The van der Waals surface area contributed by atoms with E-state index in [1.165, 1.54) is 70.6 Å². The fourth-order valence-electron chi connectivity index (χ4n) is 3.68. The lowest BCUT2D eigenvalue weighted by Crippen LogP contribution is -2.10. The van der Waals surface area contributed by atoms with E-state index in [0.717, 1.165) is 17.5 Å². The largest absolute Gasteiger partial charge is 0.508 e. The van der Waals surface area contributed by atoms with Gasteiger partial charge in [0.05, 0.1) is 0 Å². The molecule has 1 aromatic carbocycles. The molecule has 0 saturated heterocycles. The Hall–Kier alpha value is -1.31. The fraction of sp³-hybridized carbons (Fsp3) is 0.708. The van der Waals surface area contributed by atoms with Gasteiger partial charge in [-0.05, 0) is 36.6 Å². The van der Waals surface area contributed by atoms with Crippen LogP contribution >= 0.6 is 0 Å². The van der Waals surface area contributed by atoms with Crippen LogP contribution in [-0.4, -0.2) is 10.9 Å². The summed E-state index contributed by atoms with van der Waals surface area (Å²) in [5.74, 6) is 0.529. The summed E-state index contributed by atoms with van der Waals surface area (Å²) in [5, 5.41) is 9.50. The van der Waals surface area contributed by atoms with Gasteiger partial charge in [-0.2, -0.15) is 0 Å². The molecule has 1 aromatic rings. The molecule has 0 saturated carbocycles. The van der Waals surface area contributed by atoms with Gasteiger partial charge < -0.3 is 5.11 Å². The Morgan fingerprint density at radius 2 is 1.38 bits per heavy atom. The zero-order valence-corrected chi connectivity index (χ0v) is 17.4. The summed E-state index contributed by atoms with van der Waals surface area (Å²) >= 11 is 0. The maximum absolute atomic E-state index is 12.4. The number of phenolic OH excluding ortho intramolecular Hbond substituents is 1. The Morgan fingerprint density at radius 3 is 1.88 bits per heavy atom. The van der Waals surface area contributed by atoms with Crippen LogP contribution < -0.4 is 0 Å². The summed E-state index contributed by atoms with van der Waals surface area (Å²) in [6.07, 6.45) is 16.5. The first-order chi connectivity index (χ1) is 12.6. The van der Waals surface area contributed by atoms with E-state index in [1.807, 2.05) is 19.9 Å². The van der Waals surface area contributed by atoms with Gasteiger partial charge in [-0.15, -0.1) is 0 Å². The highest BCUT2D eigenvalue weighted by Gasteiger charge is 2.16. The Kier molecular flexibility index (Phi) is 12.1. The van der Waals surface area contributed by atoms with E-state index in [9.17, 15) is 9.90 Å². The van der Waals surface area contributed by atoms with Gasteiger partial charge in [0.2, 0.25) is 0 Å². The van der Waals surface area contributed by atoms with E-state index in [0.29, 0.717) is 12.2 Å². The van der Waals surface area contributed by atoms with Crippen LogP contribution in [-0.2, 0) is 4.79 Å². The van der Waals surface area contributed by atoms with Gasteiger partial charge in [0.25, 0.3) is 0 Å². The molecule has 0 heterocycles. The first-order valence-electron chi connectivity index (χ1n) is 10.9. The lowest BCUT2D eigenvalue weighted by molar-refractivity contribution is -0.120. The lowest BCUT2D eigenvalue weighted by Gasteiger charge is -2.14. The summed E-state index contributed by atoms with van der Waals surface area (Å²) in [6.45, 7) is 6.22. The predicted octanol–water partition coefficient (Wildman–Crippen LogP) is 7.46. The molecule has 0 spiro atoms. The first kappa shape index (κ1) is 22.7. The highest BCUT2D eigenvalue weighted by Crippen LogP contribution is 2.25. The minimum Gasteiger partial charge on any atom is -0.508 e. The minimum absolute atomic E-state index is 0.0664. The summed E-state index contributed by atoms with van der Waals surface area (Å²) in [7, 11) is 0. The van der Waals surface area contributed by atoms with Gasteiger partial charge in [0.1, 0.15) is 11.5 Å². The molecule has 26 heavy (non-hydrogen) atoms. The van der Waals surface area contributed by atoms with Crippen molar-refractivity contribution in [3.05, 3.63) is 29.3 Å². The van der Waals surface area contributed by atoms with Gasteiger partial charge in [0, 0.05) is 12.3 Å². The average molecular weight is 361 g/mol. The molecule has 0 amide bonds. The van der Waals surface area contributed by atoms with Crippen LogP contribution in [0.25, 0.3) is 0 Å². The summed E-state index contributed by atoms with van der Waals surface area (Å²) in [5.41, 5.74) is 2.05. The fourth-order valence-corrected chi connectivity index (χ4v) is 3.68. The van der Waals surface area contributed by atoms with Gasteiger partial charge in [-0.25, -0.2) is 0 Å². The van der Waals surface area contributed by atoms with Crippen LogP contribution in [0.2, 0.25) is 0 Å². The van der Waals surface area contributed by atoms with Crippen molar-refractivity contribution in [2.75, 3.05) is 0 Å². The number of aromatic hydroxyl groups is 1. The van der Waals surface area contributed by atoms with E-state index in [1.54, 1.807) is 12.1 Å². The number of carbonyl (C=O) groups excluding carboxylic acids is 1. The average Bonchev–Trinajstić information content (AvgIpc) is 2.62. The number of phenols is 1. The van der Waals surface area contributed by atoms with Gasteiger partial charge in [-0.3, -0.25) is 4.79 Å². The standard InChI is InChI=1S/C24H40O2/c1-4-5-6-7-8-9-10-11-12-13-14-15-16-24(26)21(3)23-18-17-22(25)19-20(23)2/h17-19,21,25H,4-16H2,1-3H3. The van der Waals surface area contributed by atoms with Gasteiger partial charge in [0.15, 0.2) is 0 Å². The van der Waals surface area contributed by atoms with E-state index in [-0.39, 0.29) is 11.7 Å². The van der Waals surface area contributed by atoms with Crippen LogP contribution in [0.4, 0.5) is 0 Å². The van der Waals surface area contributed by atoms with Crippen LogP contribution in [0, 0.1) is 6.92 Å². The van der Waals surface area contributed by atoms with Crippen LogP contribution in [0.3, 0.4) is 0 Å². The van der Waals surface area contributed by atoms with Crippen molar-refractivity contribution in [2.24, 2.45) is 0 Å². The zero-order valence-electron chi connectivity index (χ0n) is 17.4. The second-order valence-electron chi connectivity index (χ2n) is 7.87. The zero-order chi connectivity index (χ0) is 19.2. The van der Waals surface area contributed by atoms with E-state index < -0.39 is 0 Å². The number of Topliss-reactive ketones (excluding diaryl/α,β-unsaturated/α-hetero) is 1. The van der Waals surface area contributed by atoms with E-state index >= 15 is 0 Å². The second kappa shape index (κ2) is 13.8. The molecule has 1 N–H and O–H groups in total. The SMILES string of the molecule is CCCCCCCCCCCCCCC(=O)C(C)c1ccc(O)cc1C. The molecular formula is C24H40O2. The monoisotopic (exact) mass is 360 g/mol. The molecular weight excluding hydrogens is 320 g/mol. The first-order valence-corrected chi connectivity index (χ1v) is 10.9. The van der Waals surface area contributed by atoms with Crippen molar-refractivity contribution < 1.29 is 9.90 Å². The van der Waals surface area contributed by atoms with Crippen molar-refractivity contribution in [2.45, 2.75) is 110 Å². The quantitative estimate of drug-likeness (QED) is 0.329. The van der Waals surface area contributed by atoms with Crippen molar-refractivity contribution in [3.63, 3.8) is 0 Å². The number of unbranched alkanes of at least 4 members (excludes halogenated alkanes) is 11.